The molecule has 148 valence electrons. The largest absolute Gasteiger partial charge is 0.379 e. The lowest BCUT2D eigenvalue weighted by molar-refractivity contribution is -0.129. The van der Waals surface area contributed by atoms with Gasteiger partial charge >= 0.3 is 0 Å². The van der Waals surface area contributed by atoms with Crippen LogP contribution in [-0.4, -0.2) is 98.1 Å². The van der Waals surface area contributed by atoms with Gasteiger partial charge in [-0.1, -0.05) is 13.3 Å². The number of carbonyl (C=O) groups excluding carboxylic acids is 2. The lowest BCUT2D eigenvalue weighted by atomic mass is 10.0. The molecule has 2 amide bonds. The third-order valence-corrected chi connectivity index (χ3v) is 6.04. The van der Waals surface area contributed by atoms with Crippen LogP contribution in [0, 0.1) is 5.92 Å². The molecule has 0 aliphatic carbocycles. The highest BCUT2D eigenvalue weighted by Crippen LogP contribution is 2.19. The van der Waals surface area contributed by atoms with Gasteiger partial charge < -0.3 is 15.0 Å². The van der Waals surface area contributed by atoms with Crippen molar-refractivity contribution in [3.63, 3.8) is 0 Å². The monoisotopic (exact) mass is 366 g/mol. The molecule has 0 aromatic rings. The summed E-state index contributed by atoms with van der Waals surface area (Å²) in [6.45, 7) is 10.6. The molecule has 3 aliphatic rings. The molecule has 0 spiro atoms. The average Bonchev–Trinajstić information content (AvgIpc) is 3.06. The molecule has 0 bridgehead atoms. The van der Waals surface area contributed by atoms with Gasteiger partial charge in [-0.05, 0) is 25.9 Å². The van der Waals surface area contributed by atoms with Gasteiger partial charge in [0.2, 0.25) is 11.8 Å². The normalized spacial score (nSPS) is 28.5. The molecule has 0 radical (unpaired) electrons. The van der Waals surface area contributed by atoms with Crippen LogP contribution < -0.4 is 5.32 Å². The Morgan fingerprint density at radius 1 is 1.19 bits per heavy atom. The summed E-state index contributed by atoms with van der Waals surface area (Å²) in [6.07, 6.45) is 4.02. The minimum absolute atomic E-state index is 0.0499. The van der Waals surface area contributed by atoms with Crippen LogP contribution in [0.3, 0.4) is 0 Å². The number of hydrogen-bond donors (Lipinski definition) is 1. The van der Waals surface area contributed by atoms with E-state index in [0.29, 0.717) is 25.6 Å². The van der Waals surface area contributed by atoms with Crippen molar-refractivity contribution in [2.45, 2.75) is 38.6 Å². The number of ether oxygens (including phenoxy) is 1. The molecule has 0 aromatic heterocycles. The fourth-order valence-corrected chi connectivity index (χ4v) is 4.32. The van der Waals surface area contributed by atoms with E-state index in [-0.39, 0.29) is 17.7 Å². The number of piperidine rings is 1. The van der Waals surface area contributed by atoms with Gasteiger partial charge in [-0.3, -0.25) is 19.4 Å². The van der Waals surface area contributed by atoms with Crippen molar-refractivity contribution >= 4 is 11.8 Å². The number of hydrogen-bond acceptors (Lipinski definition) is 5. The first-order valence-corrected chi connectivity index (χ1v) is 10.3. The van der Waals surface area contributed by atoms with Crippen molar-refractivity contribution in [1.82, 2.24) is 20.0 Å². The van der Waals surface area contributed by atoms with E-state index < -0.39 is 0 Å². The maximum absolute atomic E-state index is 12.5. The van der Waals surface area contributed by atoms with Crippen molar-refractivity contribution in [2.24, 2.45) is 5.92 Å². The quantitative estimate of drug-likeness (QED) is 0.695. The van der Waals surface area contributed by atoms with Crippen LogP contribution in [0.15, 0.2) is 0 Å². The zero-order valence-corrected chi connectivity index (χ0v) is 16.1. The summed E-state index contributed by atoms with van der Waals surface area (Å²) in [5.41, 5.74) is 0. The highest BCUT2D eigenvalue weighted by atomic mass is 16.5. The Morgan fingerprint density at radius 2 is 2.00 bits per heavy atom. The second kappa shape index (κ2) is 9.67. The fraction of sp³-hybridized carbons (Fsp3) is 0.895. The molecule has 3 aliphatic heterocycles. The van der Waals surface area contributed by atoms with Crippen molar-refractivity contribution in [3.05, 3.63) is 0 Å². The molecule has 26 heavy (non-hydrogen) atoms. The molecule has 1 N–H and O–H groups in total. The van der Waals surface area contributed by atoms with Gasteiger partial charge in [0.25, 0.3) is 0 Å². The van der Waals surface area contributed by atoms with E-state index in [0.717, 1.165) is 58.9 Å². The maximum atomic E-state index is 12.5. The minimum Gasteiger partial charge on any atom is -0.379 e. The van der Waals surface area contributed by atoms with Crippen LogP contribution in [0.1, 0.15) is 32.6 Å². The van der Waals surface area contributed by atoms with Gasteiger partial charge in [-0.25, -0.2) is 0 Å². The molecule has 7 nitrogen and oxygen atoms in total. The number of nitrogens with zero attached hydrogens (tertiary/aromatic N) is 3. The van der Waals surface area contributed by atoms with Gasteiger partial charge in [0.15, 0.2) is 0 Å². The smallest absolute Gasteiger partial charge is 0.225 e. The Kier molecular flexibility index (Phi) is 7.28. The molecule has 2 unspecified atom stereocenters. The number of likely N-dealkylation sites (N-methyl/N-ethyl adjacent to an activating group) is 1. The zero-order valence-electron chi connectivity index (χ0n) is 16.1. The summed E-state index contributed by atoms with van der Waals surface area (Å²) >= 11 is 0. The van der Waals surface area contributed by atoms with Crippen LogP contribution in [0.2, 0.25) is 0 Å². The summed E-state index contributed by atoms with van der Waals surface area (Å²) in [5.74, 6) is -0.0223. The summed E-state index contributed by atoms with van der Waals surface area (Å²) in [6, 6.07) is 0.451. The number of nitrogens with one attached hydrogen (secondary N) is 1. The highest BCUT2D eigenvalue weighted by Gasteiger charge is 2.34. The fourth-order valence-electron chi connectivity index (χ4n) is 4.32. The van der Waals surface area contributed by atoms with Crippen LogP contribution in [0.5, 0.6) is 0 Å². The van der Waals surface area contributed by atoms with Gasteiger partial charge in [0, 0.05) is 51.7 Å². The number of morpholine rings is 1. The summed E-state index contributed by atoms with van der Waals surface area (Å²) < 4.78 is 5.36. The van der Waals surface area contributed by atoms with E-state index in [2.05, 4.69) is 22.0 Å². The van der Waals surface area contributed by atoms with E-state index in [9.17, 15) is 9.59 Å². The van der Waals surface area contributed by atoms with Crippen molar-refractivity contribution in [1.29, 1.82) is 0 Å². The number of amides is 2. The van der Waals surface area contributed by atoms with Crippen molar-refractivity contribution in [3.8, 4) is 0 Å². The van der Waals surface area contributed by atoms with Crippen LogP contribution >= 0.6 is 0 Å². The second-order valence-corrected chi connectivity index (χ2v) is 7.72. The molecule has 3 rings (SSSR count). The van der Waals surface area contributed by atoms with Gasteiger partial charge in [0.1, 0.15) is 0 Å². The summed E-state index contributed by atoms with van der Waals surface area (Å²) in [5, 5.41) is 3.12. The summed E-state index contributed by atoms with van der Waals surface area (Å²) in [7, 11) is 0. The Bertz CT molecular complexity index is 481. The van der Waals surface area contributed by atoms with E-state index in [1.807, 2.05) is 4.90 Å². The number of carbonyl (C=O) groups is 2. The first-order valence-electron chi connectivity index (χ1n) is 10.3. The first kappa shape index (κ1) is 19.6. The van der Waals surface area contributed by atoms with E-state index in [1.165, 1.54) is 12.8 Å². The maximum Gasteiger partial charge on any atom is 0.225 e. The van der Waals surface area contributed by atoms with Crippen LogP contribution in [-0.2, 0) is 14.3 Å². The van der Waals surface area contributed by atoms with Crippen molar-refractivity contribution in [2.75, 3.05) is 65.6 Å². The van der Waals surface area contributed by atoms with Crippen molar-refractivity contribution < 1.29 is 14.3 Å². The number of likely N-dealkylation sites (tertiary alicyclic amines) is 2. The Labute approximate surface area is 157 Å². The van der Waals surface area contributed by atoms with E-state index >= 15 is 0 Å². The SMILES string of the molecule is CCN1CCCCC1CNC(=O)C1CC(=O)N(CCN2CCOCC2)C1. The predicted octanol–water partition coefficient (Wildman–Crippen LogP) is 0.158. The Morgan fingerprint density at radius 3 is 2.77 bits per heavy atom. The lowest BCUT2D eigenvalue weighted by Crippen LogP contribution is -2.47. The standard InChI is InChI=1S/C19H34N4O3/c1-2-22-6-4-3-5-17(22)14-20-19(25)16-13-18(24)23(15-16)8-7-21-9-11-26-12-10-21/h16-17H,2-15H2,1H3,(H,20,25). The third-order valence-electron chi connectivity index (χ3n) is 6.04. The molecule has 3 fully saturated rings. The zero-order chi connectivity index (χ0) is 18.4. The van der Waals surface area contributed by atoms with Crippen LogP contribution in [0.25, 0.3) is 0 Å². The van der Waals surface area contributed by atoms with Crippen LogP contribution in [0.4, 0.5) is 0 Å². The molecule has 0 aromatic carbocycles. The molecule has 3 heterocycles. The molecular weight excluding hydrogens is 332 g/mol. The molecule has 0 saturated carbocycles. The molecular formula is C19H34N4O3. The Hall–Kier alpha value is -1.18. The first-order chi connectivity index (χ1) is 12.7. The Balaban J connectivity index is 1.40. The van der Waals surface area contributed by atoms with Gasteiger partial charge in [0.05, 0.1) is 19.1 Å². The summed E-state index contributed by atoms with van der Waals surface area (Å²) in [4.78, 5) is 31.4. The topological polar surface area (TPSA) is 65.1 Å². The third kappa shape index (κ3) is 5.18. The van der Waals surface area contributed by atoms with E-state index in [1.54, 1.807) is 0 Å². The predicted molar refractivity (Wildman–Crippen MR) is 99.8 cm³/mol. The van der Waals surface area contributed by atoms with Gasteiger partial charge in [-0.2, -0.15) is 0 Å². The molecule has 2 atom stereocenters. The molecule has 7 heteroatoms. The highest BCUT2D eigenvalue weighted by molar-refractivity contribution is 5.89. The average molecular weight is 367 g/mol. The van der Waals surface area contributed by atoms with Gasteiger partial charge in [-0.15, -0.1) is 0 Å². The minimum atomic E-state index is -0.189. The lowest BCUT2D eigenvalue weighted by Gasteiger charge is -2.35. The number of rotatable bonds is 7. The van der Waals surface area contributed by atoms with E-state index in [4.69, 9.17) is 4.74 Å². The second-order valence-electron chi connectivity index (χ2n) is 7.72. The molecule has 3 saturated heterocycles.